The number of nitrogens with zero attached hydrogens (tertiary/aromatic N) is 1. The summed E-state index contributed by atoms with van der Waals surface area (Å²) in [6.07, 6.45) is 3.68. The Bertz CT molecular complexity index is 896. The van der Waals surface area contributed by atoms with E-state index in [1.807, 2.05) is 5.32 Å². The highest BCUT2D eigenvalue weighted by Crippen LogP contribution is 2.20. The van der Waals surface area contributed by atoms with E-state index < -0.39 is 45.9 Å². The molecule has 166 valence electrons. The molecule has 0 aromatic heterocycles. The predicted molar refractivity (Wildman–Crippen MR) is 106 cm³/mol. The van der Waals surface area contributed by atoms with Gasteiger partial charge in [0.1, 0.15) is 5.82 Å². The molecule has 1 aromatic rings. The summed E-state index contributed by atoms with van der Waals surface area (Å²) in [6.45, 7) is 2.91. The number of amides is 3. The molecule has 0 heterocycles. The highest BCUT2D eigenvalue weighted by molar-refractivity contribution is 7.89. The van der Waals surface area contributed by atoms with E-state index in [1.165, 1.54) is 0 Å². The molecule has 0 radical (unpaired) electrons. The Morgan fingerprint density at radius 2 is 1.80 bits per heavy atom. The van der Waals surface area contributed by atoms with Crippen LogP contribution in [0.5, 0.6) is 0 Å². The lowest BCUT2D eigenvalue weighted by Gasteiger charge is -2.18. The van der Waals surface area contributed by atoms with E-state index in [2.05, 4.69) is 5.32 Å². The summed E-state index contributed by atoms with van der Waals surface area (Å²) in [6, 6.07) is 2.09. The van der Waals surface area contributed by atoms with Crippen molar-refractivity contribution in [2.24, 2.45) is 0 Å². The van der Waals surface area contributed by atoms with E-state index in [4.69, 9.17) is 4.74 Å². The number of rotatable bonds is 8. The van der Waals surface area contributed by atoms with Crippen molar-refractivity contribution >= 4 is 27.9 Å². The molecule has 1 aliphatic rings. The number of esters is 1. The zero-order chi connectivity index (χ0) is 22.3. The van der Waals surface area contributed by atoms with Crippen LogP contribution in [0.25, 0.3) is 0 Å². The van der Waals surface area contributed by atoms with Crippen molar-refractivity contribution in [2.75, 3.05) is 19.7 Å². The fourth-order valence-electron chi connectivity index (χ4n) is 3.20. The van der Waals surface area contributed by atoms with Crippen molar-refractivity contribution in [2.45, 2.75) is 50.5 Å². The fraction of sp³-hybridized carbons (Fsp3) is 0.526. The van der Waals surface area contributed by atoms with Gasteiger partial charge in [0.2, 0.25) is 10.0 Å². The molecule has 0 saturated heterocycles. The molecule has 0 bridgehead atoms. The number of nitrogens with one attached hydrogen (secondary N) is 2. The second-order valence-electron chi connectivity index (χ2n) is 6.81. The van der Waals surface area contributed by atoms with Gasteiger partial charge in [0, 0.05) is 19.1 Å². The maximum Gasteiger partial charge on any atom is 0.341 e. The van der Waals surface area contributed by atoms with Crippen LogP contribution in [0.4, 0.5) is 9.18 Å². The predicted octanol–water partition coefficient (Wildman–Crippen LogP) is 1.78. The van der Waals surface area contributed by atoms with Gasteiger partial charge in [-0.2, -0.15) is 4.31 Å². The van der Waals surface area contributed by atoms with Crippen LogP contribution in [-0.4, -0.2) is 56.4 Å². The van der Waals surface area contributed by atoms with Crippen LogP contribution in [0, 0.1) is 5.82 Å². The van der Waals surface area contributed by atoms with Gasteiger partial charge in [0.05, 0.1) is 10.5 Å². The summed E-state index contributed by atoms with van der Waals surface area (Å²) in [5.74, 6) is -3.08. The monoisotopic (exact) mass is 443 g/mol. The van der Waals surface area contributed by atoms with Crippen molar-refractivity contribution < 1.29 is 31.9 Å². The number of halogens is 1. The zero-order valence-electron chi connectivity index (χ0n) is 16.9. The van der Waals surface area contributed by atoms with Crippen LogP contribution in [-0.2, 0) is 19.6 Å². The minimum Gasteiger partial charge on any atom is -0.452 e. The molecule has 1 aliphatic carbocycles. The van der Waals surface area contributed by atoms with Crippen LogP contribution in [0.3, 0.4) is 0 Å². The van der Waals surface area contributed by atoms with E-state index in [1.54, 1.807) is 13.8 Å². The summed E-state index contributed by atoms with van der Waals surface area (Å²) >= 11 is 0. The van der Waals surface area contributed by atoms with Gasteiger partial charge in [-0.05, 0) is 31.0 Å². The molecule has 0 atom stereocenters. The van der Waals surface area contributed by atoms with Crippen LogP contribution in [0.15, 0.2) is 23.1 Å². The van der Waals surface area contributed by atoms with Crippen molar-refractivity contribution in [3.8, 4) is 0 Å². The molecule has 0 aliphatic heterocycles. The van der Waals surface area contributed by atoms with Crippen molar-refractivity contribution in [1.29, 1.82) is 0 Å². The minimum absolute atomic E-state index is 0.00458. The molecule has 3 amide bonds. The average Bonchev–Trinajstić information content (AvgIpc) is 3.19. The molecule has 1 aromatic carbocycles. The topological polar surface area (TPSA) is 122 Å². The van der Waals surface area contributed by atoms with E-state index in [0.29, 0.717) is 0 Å². The average molecular weight is 443 g/mol. The van der Waals surface area contributed by atoms with Gasteiger partial charge in [-0.3, -0.25) is 10.1 Å². The van der Waals surface area contributed by atoms with Crippen molar-refractivity contribution in [1.82, 2.24) is 14.9 Å². The highest BCUT2D eigenvalue weighted by atomic mass is 32.2. The van der Waals surface area contributed by atoms with Crippen LogP contribution < -0.4 is 10.6 Å². The van der Waals surface area contributed by atoms with Crippen molar-refractivity contribution in [3.05, 3.63) is 29.6 Å². The Morgan fingerprint density at radius 3 is 2.40 bits per heavy atom. The minimum atomic E-state index is -3.91. The summed E-state index contributed by atoms with van der Waals surface area (Å²) < 4.78 is 45.1. The van der Waals surface area contributed by atoms with E-state index in [0.717, 1.165) is 48.2 Å². The number of sulfonamides is 1. The number of hydrogen-bond acceptors (Lipinski definition) is 6. The molecule has 0 spiro atoms. The maximum absolute atomic E-state index is 14.1. The largest absolute Gasteiger partial charge is 0.452 e. The summed E-state index contributed by atoms with van der Waals surface area (Å²) in [4.78, 5) is 35.4. The Labute approximate surface area is 175 Å². The number of ether oxygens (including phenoxy) is 1. The Kier molecular flexibility index (Phi) is 8.30. The molecular formula is C19H26FN3O6S. The normalized spacial score (nSPS) is 14.5. The molecule has 1 saturated carbocycles. The second kappa shape index (κ2) is 10.5. The third-order valence-electron chi connectivity index (χ3n) is 4.78. The third kappa shape index (κ3) is 5.99. The third-order valence-corrected chi connectivity index (χ3v) is 6.82. The first-order chi connectivity index (χ1) is 14.2. The number of carbonyl (C=O) groups excluding carboxylic acids is 3. The smallest absolute Gasteiger partial charge is 0.341 e. The molecule has 2 rings (SSSR count). The lowest BCUT2D eigenvalue weighted by molar-refractivity contribution is -0.123. The Balaban J connectivity index is 1.99. The zero-order valence-corrected chi connectivity index (χ0v) is 17.8. The number of imide groups is 1. The first-order valence-corrected chi connectivity index (χ1v) is 11.2. The summed E-state index contributed by atoms with van der Waals surface area (Å²) in [5, 5.41) is 4.67. The van der Waals surface area contributed by atoms with Crippen molar-refractivity contribution in [3.63, 3.8) is 0 Å². The number of benzene rings is 1. The SMILES string of the molecule is CCN(CC)S(=O)(=O)c1ccc(F)c(C(=O)OCC(=O)NC(=O)NC2CCCC2)c1. The molecule has 11 heteroatoms. The number of urea groups is 1. The van der Waals surface area contributed by atoms with Gasteiger partial charge in [-0.1, -0.05) is 26.7 Å². The van der Waals surface area contributed by atoms with Gasteiger partial charge in [-0.25, -0.2) is 22.4 Å². The van der Waals surface area contributed by atoms with E-state index in [9.17, 15) is 27.2 Å². The summed E-state index contributed by atoms with van der Waals surface area (Å²) in [5.41, 5.74) is -0.619. The van der Waals surface area contributed by atoms with E-state index in [-0.39, 0.29) is 24.0 Å². The van der Waals surface area contributed by atoms with Gasteiger partial charge in [0.15, 0.2) is 6.61 Å². The molecule has 30 heavy (non-hydrogen) atoms. The standard InChI is InChI=1S/C19H26FN3O6S/c1-3-23(4-2)30(27,28)14-9-10-16(20)15(11-14)18(25)29-12-17(24)22-19(26)21-13-7-5-6-8-13/h9-11,13H,3-8,12H2,1-2H3,(H2,21,22,24,26). The second-order valence-corrected chi connectivity index (χ2v) is 8.75. The molecule has 1 fully saturated rings. The first-order valence-electron chi connectivity index (χ1n) is 9.76. The van der Waals surface area contributed by atoms with Crippen LogP contribution >= 0.6 is 0 Å². The Morgan fingerprint density at radius 1 is 1.17 bits per heavy atom. The highest BCUT2D eigenvalue weighted by Gasteiger charge is 2.25. The number of carbonyl (C=O) groups is 3. The lowest BCUT2D eigenvalue weighted by atomic mass is 10.2. The molecule has 9 nitrogen and oxygen atoms in total. The van der Waals surface area contributed by atoms with Gasteiger partial charge < -0.3 is 10.1 Å². The Hall–Kier alpha value is -2.53. The molecular weight excluding hydrogens is 417 g/mol. The van der Waals surface area contributed by atoms with Gasteiger partial charge in [-0.15, -0.1) is 0 Å². The lowest BCUT2D eigenvalue weighted by Crippen LogP contribution is -2.45. The molecule has 2 N–H and O–H groups in total. The van der Waals surface area contributed by atoms with Gasteiger partial charge >= 0.3 is 12.0 Å². The summed E-state index contributed by atoms with van der Waals surface area (Å²) in [7, 11) is -3.91. The quantitative estimate of drug-likeness (QED) is 0.591. The van der Waals surface area contributed by atoms with Gasteiger partial charge in [0.25, 0.3) is 5.91 Å². The first kappa shape index (κ1) is 23.7. The molecule has 0 unspecified atom stereocenters. The maximum atomic E-state index is 14.1. The van der Waals surface area contributed by atoms with E-state index >= 15 is 0 Å². The fourth-order valence-corrected chi connectivity index (χ4v) is 4.68. The van der Waals surface area contributed by atoms with Crippen LogP contribution in [0.2, 0.25) is 0 Å². The number of hydrogen-bond donors (Lipinski definition) is 2. The van der Waals surface area contributed by atoms with Crippen LogP contribution in [0.1, 0.15) is 49.9 Å².